The van der Waals surface area contributed by atoms with Crippen LogP contribution in [0.4, 0.5) is 0 Å². The maximum absolute atomic E-state index is 3.65. The molecule has 0 radical (unpaired) electrons. The zero-order valence-electron chi connectivity index (χ0n) is 11.5. The van der Waals surface area contributed by atoms with Crippen molar-refractivity contribution in [3.8, 4) is 0 Å². The van der Waals surface area contributed by atoms with Gasteiger partial charge in [-0.3, -0.25) is 0 Å². The largest absolute Gasteiger partial charge is 0.307 e. The Kier molecular flexibility index (Phi) is 4.55. The molecule has 0 bridgehead atoms. The summed E-state index contributed by atoms with van der Waals surface area (Å²) in [4.78, 5) is 0. The number of benzene rings is 1. The first-order chi connectivity index (χ1) is 7.40. The number of rotatable bonds is 4. The molecule has 2 unspecified atom stereocenters. The second kappa shape index (κ2) is 5.49. The Balaban J connectivity index is 2.76. The highest BCUT2D eigenvalue weighted by atomic mass is 14.9. The maximum atomic E-state index is 3.65. The Labute approximate surface area is 100 Å². The molecule has 90 valence electrons. The van der Waals surface area contributed by atoms with Crippen molar-refractivity contribution in [1.29, 1.82) is 0 Å². The molecule has 16 heavy (non-hydrogen) atoms. The van der Waals surface area contributed by atoms with Crippen LogP contribution in [-0.2, 0) is 0 Å². The minimum atomic E-state index is 0.427. The minimum Gasteiger partial charge on any atom is -0.307 e. The van der Waals surface area contributed by atoms with Gasteiger partial charge in [0.1, 0.15) is 0 Å². The first-order valence-electron chi connectivity index (χ1n) is 6.24. The predicted molar refractivity (Wildman–Crippen MR) is 71.8 cm³/mol. The van der Waals surface area contributed by atoms with E-state index in [9.17, 15) is 0 Å². The Morgan fingerprint density at radius 1 is 0.875 bits per heavy atom. The zero-order chi connectivity index (χ0) is 12.3. The molecule has 1 nitrogen and oxygen atoms in total. The van der Waals surface area contributed by atoms with Crippen LogP contribution in [0.5, 0.6) is 0 Å². The Hall–Kier alpha value is -0.820. The van der Waals surface area contributed by atoms with Gasteiger partial charge in [0.15, 0.2) is 0 Å². The highest BCUT2D eigenvalue weighted by molar-refractivity contribution is 5.30. The molecule has 0 amide bonds. The van der Waals surface area contributed by atoms with Crippen LogP contribution in [0.2, 0.25) is 0 Å². The van der Waals surface area contributed by atoms with Crippen LogP contribution in [-0.4, -0.2) is 6.04 Å². The van der Waals surface area contributed by atoms with Crippen LogP contribution in [0, 0.1) is 19.8 Å². The van der Waals surface area contributed by atoms with Crippen molar-refractivity contribution in [3.63, 3.8) is 0 Å². The lowest BCUT2D eigenvalue weighted by atomic mass is 10.00. The fourth-order valence-corrected chi connectivity index (χ4v) is 1.94. The third-order valence-corrected chi connectivity index (χ3v) is 3.26. The van der Waals surface area contributed by atoms with E-state index in [1.54, 1.807) is 0 Å². The lowest BCUT2D eigenvalue weighted by molar-refractivity contribution is 0.389. The van der Waals surface area contributed by atoms with Gasteiger partial charge in [0.05, 0.1) is 0 Å². The van der Waals surface area contributed by atoms with E-state index in [4.69, 9.17) is 0 Å². The van der Waals surface area contributed by atoms with Crippen LogP contribution in [0.25, 0.3) is 0 Å². The Morgan fingerprint density at radius 3 is 1.81 bits per heavy atom. The summed E-state index contributed by atoms with van der Waals surface area (Å²) in [6, 6.07) is 7.75. The monoisotopic (exact) mass is 219 g/mol. The summed E-state index contributed by atoms with van der Waals surface area (Å²) >= 11 is 0. The quantitative estimate of drug-likeness (QED) is 0.807. The van der Waals surface area contributed by atoms with Gasteiger partial charge in [-0.2, -0.15) is 0 Å². The first-order valence-corrected chi connectivity index (χ1v) is 6.24. The SMILES string of the molecule is Cc1cc(C)cc(C(C)NC(C)C(C)C)c1. The van der Waals surface area contributed by atoms with Gasteiger partial charge in [-0.1, -0.05) is 43.2 Å². The van der Waals surface area contributed by atoms with Crippen molar-refractivity contribution in [2.75, 3.05) is 0 Å². The third kappa shape index (κ3) is 3.64. The summed E-state index contributed by atoms with van der Waals surface area (Å²) in [5.74, 6) is 0.674. The molecule has 1 rings (SSSR count). The lowest BCUT2D eigenvalue weighted by Crippen LogP contribution is -2.33. The van der Waals surface area contributed by atoms with Crippen molar-refractivity contribution in [2.24, 2.45) is 5.92 Å². The van der Waals surface area contributed by atoms with E-state index in [1.165, 1.54) is 16.7 Å². The summed E-state index contributed by atoms with van der Waals surface area (Å²) in [6.45, 7) is 13.3. The van der Waals surface area contributed by atoms with E-state index < -0.39 is 0 Å². The van der Waals surface area contributed by atoms with Crippen LogP contribution in [0.15, 0.2) is 18.2 Å². The standard InChI is InChI=1S/C15H25N/c1-10(2)13(5)16-14(6)15-8-11(3)7-12(4)9-15/h7-10,13-14,16H,1-6H3. The van der Waals surface area contributed by atoms with Crippen molar-refractivity contribution in [3.05, 3.63) is 34.9 Å². The average Bonchev–Trinajstić information content (AvgIpc) is 2.15. The predicted octanol–water partition coefficient (Wildman–Crippen LogP) is 4.00. The fourth-order valence-electron chi connectivity index (χ4n) is 1.94. The maximum Gasteiger partial charge on any atom is 0.0294 e. The molecule has 0 spiro atoms. The summed E-state index contributed by atoms with van der Waals surface area (Å²) in [5, 5.41) is 3.65. The van der Waals surface area contributed by atoms with Crippen LogP contribution in [0.3, 0.4) is 0 Å². The van der Waals surface area contributed by atoms with Gasteiger partial charge in [-0.05, 0) is 39.2 Å². The topological polar surface area (TPSA) is 12.0 Å². The molecule has 0 fully saturated rings. The molecule has 1 heteroatoms. The van der Waals surface area contributed by atoms with Gasteiger partial charge < -0.3 is 5.32 Å². The highest BCUT2D eigenvalue weighted by Crippen LogP contribution is 2.18. The Bertz CT molecular complexity index is 321. The van der Waals surface area contributed by atoms with Crippen molar-refractivity contribution >= 4 is 0 Å². The normalized spacial score (nSPS) is 15.2. The molecule has 2 atom stereocenters. The van der Waals surface area contributed by atoms with Gasteiger partial charge in [0.25, 0.3) is 0 Å². The molecule has 1 aromatic rings. The number of nitrogens with one attached hydrogen (secondary N) is 1. The molecule has 0 aliphatic rings. The Morgan fingerprint density at radius 2 is 1.38 bits per heavy atom. The highest BCUT2D eigenvalue weighted by Gasteiger charge is 2.12. The summed E-state index contributed by atoms with van der Waals surface area (Å²) in [6.07, 6.45) is 0. The average molecular weight is 219 g/mol. The molecule has 0 aromatic heterocycles. The molecule has 1 aromatic carbocycles. The van der Waals surface area contributed by atoms with Gasteiger partial charge in [-0.25, -0.2) is 0 Å². The second-order valence-electron chi connectivity index (χ2n) is 5.34. The van der Waals surface area contributed by atoms with Gasteiger partial charge in [-0.15, -0.1) is 0 Å². The second-order valence-corrected chi connectivity index (χ2v) is 5.34. The zero-order valence-corrected chi connectivity index (χ0v) is 11.5. The minimum absolute atomic E-state index is 0.427. The summed E-state index contributed by atoms with van der Waals surface area (Å²) in [7, 11) is 0. The van der Waals surface area contributed by atoms with E-state index in [2.05, 4.69) is 65.1 Å². The molecular formula is C15H25N. The van der Waals surface area contributed by atoms with E-state index in [0.29, 0.717) is 18.0 Å². The van der Waals surface area contributed by atoms with Crippen LogP contribution < -0.4 is 5.32 Å². The molecular weight excluding hydrogens is 194 g/mol. The number of aryl methyl sites for hydroxylation is 2. The first kappa shape index (κ1) is 13.2. The van der Waals surface area contributed by atoms with Crippen LogP contribution >= 0.6 is 0 Å². The van der Waals surface area contributed by atoms with E-state index in [0.717, 1.165) is 0 Å². The fraction of sp³-hybridized carbons (Fsp3) is 0.600. The third-order valence-electron chi connectivity index (χ3n) is 3.26. The van der Waals surface area contributed by atoms with E-state index in [-0.39, 0.29) is 0 Å². The molecule has 0 saturated carbocycles. The van der Waals surface area contributed by atoms with Gasteiger partial charge in [0, 0.05) is 12.1 Å². The van der Waals surface area contributed by atoms with Crippen molar-refractivity contribution in [2.45, 2.75) is 53.6 Å². The molecule has 1 N–H and O–H groups in total. The molecule has 0 aliphatic carbocycles. The summed E-state index contributed by atoms with van der Waals surface area (Å²) < 4.78 is 0. The lowest BCUT2D eigenvalue weighted by Gasteiger charge is -2.23. The van der Waals surface area contributed by atoms with Gasteiger partial charge in [0.2, 0.25) is 0 Å². The summed E-state index contributed by atoms with van der Waals surface area (Å²) in [5.41, 5.74) is 4.09. The molecule has 0 heterocycles. The van der Waals surface area contributed by atoms with Gasteiger partial charge >= 0.3 is 0 Å². The number of hydrogen-bond donors (Lipinski definition) is 1. The molecule has 0 aliphatic heterocycles. The molecule has 0 saturated heterocycles. The van der Waals surface area contributed by atoms with E-state index >= 15 is 0 Å². The smallest absolute Gasteiger partial charge is 0.0294 e. The van der Waals surface area contributed by atoms with E-state index in [1.807, 2.05) is 0 Å². The van der Waals surface area contributed by atoms with Crippen molar-refractivity contribution in [1.82, 2.24) is 5.32 Å². The van der Waals surface area contributed by atoms with Crippen molar-refractivity contribution < 1.29 is 0 Å². The van der Waals surface area contributed by atoms with Crippen LogP contribution in [0.1, 0.15) is 50.4 Å². The number of hydrogen-bond acceptors (Lipinski definition) is 1.